The van der Waals surface area contributed by atoms with Crippen molar-refractivity contribution >= 4 is 15.6 Å². The average molecular weight is 256 g/mol. The van der Waals surface area contributed by atoms with Crippen LogP contribution in [-0.2, 0) is 9.84 Å². The van der Waals surface area contributed by atoms with Crippen LogP contribution < -0.4 is 4.74 Å². The molecule has 0 aliphatic heterocycles. The van der Waals surface area contributed by atoms with Gasteiger partial charge in [-0.25, -0.2) is 8.42 Å². The summed E-state index contributed by atoms with van der Waals surface area (Å²) in [6.45, 7) is 1.69. The molecule has 17 heavy (non-hydrogen) atoms. The smallest absolute Gasteiger partial charge is 0.180 e. The second-order valence-corrected chi connectivity index (χ2v) is 6.05. The van der Waals surface area contributed by atoms with Crippen LogP contribution in [0.4, 0.5) is 0 Å². The molecule has 0 saturated heterocycles. The molecule has 0 N–H and O–H groups in total. The van der Waals surface area contributed by atoms with E-state index in [1.807, 2.05) is 0 Å². The highest BCUT2D eigenvalue weighted by molar-refractivity contribution is 7.92. The molecule has 0 saturated carbocycles. The molecule has 0 radical (unpaired) electrons. The van der Waals surface area contributed by atoms with Crippen molar-refractivity contribution in [2.75, 3.05) is 13.4 Å². The predicted molar refractivity (Wildman–Crippen MR) is 66.2 cm³/mol. The van der Waals surface area contributed by atoms with Gasteiger partial charge in [0.05, 0.1) is 7.11 Å². The molecule has 94 valence electrons. The molecular weight excluding hydrogens is 240 g/mol. The van der Waals surface area contributed by atoms with Crippen molar-refractivity contribution in [3.8, 4) is 5.75 Å². The zero-order valence-electron chi connectivity index (χ0n) is 10.1. The van der Waals surface area contributed by atoms with E-state index in [1.54, 1.807) is 31.2 Å². The highest BCUT2D eigenvalue weighted by atomic mass is 32.2. The number of carbonyl (C=O) groups excluding carboxylic acids is 1. The Labute approximate surface area is 102 Å². The third kappa shape index (κ3) is 3.30. The molecule has 0 aliphatic carbocycles. The lowest BCUT2D eigenvalue weighted by Crippen LogP contribution is -2.28. The van der Waals surface area contributed by atoms with Gasteiger partial charge in [0.25, 0.3) is 0 Å². The highest BCUT2D eigenvalue weighted by Gasteiger charge is 2.27. The fourth-order valence-electron chi connectivity index (χ4n) is 1.62. The van der Waals surface area contributed by atoms with Gasteiger partial charge in [-0.15, -0.1) is 0 Å². The van der Waals surface area contributed by atoms with Gasteiger partial charge in [-0.05, 0) is 30.7 Å². The van der Waals surface area contributed by atoms with Crippen molar-refractivity contribution in [2.45, 2.75) is 18.6 Å². The topological polar surface area (TPSA) is 60.4 Å². The van der Waals surface area contributed by atoms with Crippen LogP contribution in [0.5, 0.6) is 5.75 Å². The van der Waals surface area contributed by atoms with Gasteiger partial charge in [-0.3, -0.25) is 4.79 Å². The first-order chi connectivity index (χ1) is 7.90. The number of ketones is 1. The molecule has 0 amide bonds. The molecule has 1 aromatic carbocycles. The lowest BCUT2D eigenvalue weighted by Gasteiger charge is -2.11. The Balaban J connectivity index is 3.02. The van der Waals surface area contributed by atoms with E-state index in [1.165, 1.54) is 7.11 Å². The lowest BCUT2D eigenvalue weighted by molar-refractivity contribution is 0.0985. The van der Waals surface area contributed by atoms with Crippen molar-refractivity contribution < 1.29 is 17.9 Å². The predicted octanol–water partition coefficient (Wildman–Crippen LogP) is 1.70. The Morgan fingerprint density at radius 2 is 1.82 bits per heavy atom. The second-order valence-electron chi connectivity index (χ2n) is 3.82. The van der Waals surface area contributed by atoms with E-state index in [0.717, 1.165) is 6.26 Å². The zero-order chi connectivity index (χ0) is 13.1. The van der Waals surface area contributed by atoms with Gasteiger partial charge in [0.15, 0.2) is 15.6 Å². The summed E-state index contributed by atoms with van der Waals surface area (Å²) < 4.78 is 27.9. The maximum absolute atomic E-state index is 12.0. The van der Waals surface area contributed by atoms with Crippen molar-refractivity contribution in [1.82, 2.24) is 0 Å². The minimum absolute atomic E-state index is 0.281. The second kappa shape index (κ2) is 5.31. The van der Waals surface area contributed by atoms with E-state index >= 15 is 0 Å². The quantitative estimate of drug-likeness (QED) is 0.752. The Hall–Kier alpha value is -1.36. The summed E-state index contributed by atoms with van der Waals surface area (Å²) in [7, 11) is -1.83. The molecule has 1 aromatic rings. The van der Waals surface area contributed by atoms with Crippen LogP contribution in [0.2, 0.25) is 0 Å². The molecule has 0 bridgehead atoms. The number of hydrogen-bond acceptors (Lipinski definition) is 4. The van der Waals surface area contributed by atoms with Crippen LogP contribution in [0.3, 0.4) is 0 Å². The summed E-state index contributed by atoms with van der Waals surface area (Å²) in [5.41, 5.74) is 0.392. The Morgan fingerprint density at radius 3 is 2.18 bits per heavy atom. The highest BCUT2D eigenvalue weighted by Crippen LogP contribution is 2.16. The van der Waals surface area contributed by atoms with Crippen LogP contribution in [0.1, 0.15) is 23.7 Å². The number of methoxy groups -OCH3 is 1. The third-order valence-electron chi connectivity index (χ3n) is 2.55. The summed E-state index contributed by atoms with van der Waals surface area (Å²) in [6.07, 6.45) is 1.37. The van der Waals surface area contributed by atoms with Crippen molar-refractivity contribution in [3.63, 3.8) is 0 Å². The van der Waals surface area contributed by atoms with E-state index in [2.05, 4.69) is 0 Å². The number of sulfone groups is 1. The van der Waals surface area contributed by atoms with Crippen molar-refractivity contribution in [2.24, 2.45) is 0 Å². The molecular formula is C12H16O4S. The first-order valence-electron chi connectivity index (χ1n) is 5.27. The van der Waals surface area contributed by atoms with Gasteiger partial charge in [0.1, 0.15) is 11.0 Å². The maximum atomic E-state index is 12.0. The molecule has 4 nitrogen and oxygen atoms in total. The van der Waals surface area contributed by atoms with E-state index in [-0.39, 0.29) is 12.2 Å². The number of carbonyl (C=O) groups is 1. The van der Waals surface area contributed by atoms with E-state index in [4.69, 9.17) is 4.74 Å². The van der Waals surface area contributed by atoms with Gasteiger partial charge in [0, 0.05) is 11.8 Å². The Bertz CT molecular complexity index is 488. The van der Waals surface area contributed by atoms with Crippen LogP contribution in [-0.4, -0.2) is 32.8 Å². The fourth-order valence-corrected chi connectivity index (χ4v) is 2.75. The summed E-state index contributed by atoms with van der Waals surface area (Å²) >= 11 is 0. The normalized spacial score (nSPS) is 13.1. The fraction of sp³-hybridized carbons (Fsp3) is 0.417. The Kier molecular flexibility index (Phi) is 4.28. The van der Waals surface area contributed by atoms with Gasteiger partial charge >= 0.3 is 0 Å². The van der Waals surface area contributed by atoms with Crippen molar-refractivity contribution in [1.29, 1.82) is 0 Å². The Morgan fingerprint density at radius 1 is 1.29 bits per heavy atom. The summed E-state index contributed by atoms with van der Waals surface area (Å²) in [5.74, 6) is 0.270. The van der Waals surface area contributed by atoms with E-state index in [0.29, 0.717) is 11.3 Å². The number of ether oxygens (including phenoxy) is 1. The minimum Gasteiger partial charge on any atom is -0.497 e. The minimum atomic E-state index is -3.36. The number of rotatable bonds is 5. The molecule has 5 heteroatoms. The standard InChI is InChI=1S/C12H16O4S/c1-4-11(17(3,14)15)12(13)9-5-7-10(16-2)8-6-9/h5-8,11H,4H2,1-3H3/t11-/m0/s1. The molecule has 0 heterocycles. The first-order valence-corrected chi connectivity index (χ1v) is 7.22. The summed E-state index contributed by atoms with van der Waals surface area (Å²) in [4.78, 5) is 12.0. The SMILES string of the molecule is CC[C@@H](C(=O)c1ccc(OC)cc1)S(C)(=O)=O. The van der Waals surface area contributed by atoms with E-state index in [9.17, 15) is 13.2 Å². The van der Waals surface area contributed by atoms with Gasteiger partial charge < -0.3 is 4.74 Å². The van der Waals surface area contributed by atoms with Crippen LogP contribution >= 0.6 is 0 Å². The molecule has 0 fully saturated rings. The zero-order valence-corrected chi connectivity index (χ0v) is 11.0. The van der Waals surface area contributed by atoms with Crippen LogP contribution in [0.15, 0.2) is 24.3 Å². The number of hydrogen-bond donors (Lipinski definition) is 0. The maximum Gasteiger partial charge on any atom is 0.180 e. The summed E-state index contributed by atoms with van der Waals surface area (Å²) in [6, 6.07) is 6.44. The largest absolute Gasteiger partial charge is 0.497 e. The lowest BCUT2D eigenvalue weighted by atomic mass is 10.1. The van der Waals surface area contributed by atoms with Crippen LogP contribution in [0, 0.1) is 0 Å². The van der Waals surface area contributed by atoms with Crippen molar-refractivity contribution in [3.05, 3.63) is 29.8 Å². The molecule has 0 unspecified atom stereocenters. The molecule has 0 aromatic heterocycles. The number of benzene rings is 1. The van der Waals surface area contributed by atoms with Crippen LogP contribution in [0.25, 0.3) is 0 Å². The summed E-state index contributed by atoms with van der Waals surface area (Å²) in [5, 5.41) is -0.962. The first kappa shape index (κ1) is 13.7. The molecule has 0 spiro atoms. The molecule has 1 rings (SSSR count). The molecule has 1 atom stereocenters. The average Bonchev–Trinajstić information content (AvgIpc) is 2.28. The monoisotopic (exact) mass is 256 g/mol. The van der Waals surface area contributed by atoms with Gasteiger partial charge in [0.2, 0.25) is 0 Å². The number of Topliss-reactive ketones (excluding diaryl/α,β-unsaturated/α-hetero) is 1. The molecule has 0 aliphatic rings. The van der Waals surface area contributed by atoms with E-state index < -0.39 is 15.1 Å². The van der Waals surface area contributed by atoms with Gasteiger partial charge in [-0.2, -0.15) is 0 Å². The van der Waals surface area contributed by atoms with Gasteiger partial charge in [-0.1, -0.05) is 6.92 Å². The third-order valence-corrected chi connectivity index (χ3v) is 4.14.